The van der Waals surface area contributed by atoms with Crippen LogP contribution in [0.4, 0.5) is 0 Å². The molecule has 1 aromatic heterocycles. The first kappa shape index (κ1) is 10.9. The molecule has 1 saturated heterocycles. The molecule has 0 unspecified atom stereocenters. The Hall–Kier alpha value is -0.580. The maximum absolute atomic E-state index is 5.90. The molecule has 2 rings (SSSR count). The Balaban J connectivity index is 1.84. The van der Waals surface area contributed by atoms with Crippen LogP contribution in [0, 0.1) is 0 Å². The summed E-state index contributed by atoms with van der Waals surface area (Å²) in [4.78, 5) is 4.24. The monoisotopic (exact) mass is 229 g/mol. The standard InChI is InChI=1S/C10H16ClN3O/c1-14-9(11)6-13-10(14)7-12-8-2-4-15-5-3-8/h6,8,12H,2-5,7H2,1H3. The van der Waals surface area contributed by atoms with E-state index in [1.54, 1.807) is 6.20 Å². The number of nitrogens with one attached hydrogen (secondary N) is 1. The van der Waals surface area contributed by atoms with Crippen molar-refractivity contribution in [1.82, 2.24) is 14.9 Å². The molecule has 0 aliphatic carbocycles. The maximum Gasteiger partial charge on any atom is 0.128 e. The van der Waals surface area contributed by atoms with Gasteiger partial charge < -0.3 is 14.6 Å². The van der Waals surface area contributed by atoms with Gasteiger partial charge in [-0.25, -0.2) is 4.98 Å². The number of rotatable bonds is 3. The zero-order valence-corrected chi connectivity index (χ0v) is 9.63. The quantitative estimate of drug-likeness (QED) is 0.851. The molecule has 84 valence electrons. The Labute approximate surface area is 94.6 Å². The van der Waals surface area contributed by atoms with Crippen molar-refractivity contribution in [3.8, 4) is 0 Å². The molecule has 4 nitrogen and oxygen atoms in total. The van der Waals surface area contributed by atoms with Gasteiger partial charge >= 0.3 is 0 Å². The van der Waals surface area contributed by atoms with Gasteiger partial charge in [0.15, 0.2) is 0 Å². The molecule has 0 amide bonds. The van der Waals surface area contributed by atoms with Crippen LogP contribution in [0.5, 0.6) is 0 Å². The van der Waals surface area contributed by atoms with Crippen molar-refractivity contribution in [3.63, 3.8) is 0 Å². The summed E-state index contributed by atoms with van der Waals surface area (Å²) >= 11 is 5.90. The van der Waals surface area contributed by atoms with Gasteiger partial charge in [0.2, 0.25) is 0 Å². The summed E-state index contributed by atoms with van der Waals surface area (Å²) in [6.07, 6.45) is 3.85. The molecule has 0 bridgehead atoms. The molecule has 1 fully saturated rings. The minimum Gasteiger partial charge on any atom is -0.381 e. The predicted octanol–water partition coefficient (Wildman–Crippen LogP) is 1.34. The smallest absolute Gasteiger partial charge is 0.128 e. The van der Waals surface area contributed by atoms with Crippen LogP contribution in [0.15, 0.2) is 6.20 Å². The molecule has 1 aliphatic rings. The first-order valence-corrected chi connectivity index (χ1v) is 5.62. The summed E-state index contributed by atoms with van der Waals surface area (Å²) in [6, 6.07) is 0.550. The summed E-state index contributed by atoms with van der Waals surface area (Å²) in [7, 11) is 1.93. The predicted molar refractivity (Wildman–Crippen MR) is 58.9 cm³/mol. The van der Waals surface area contributed by atoms with Crippen molar-refractivity contribution in [3.05, 3.63) is 17.2 Å². The van der Waals surface area contributed by atoms with Crippen LogP contribution in [0.25, 0.3) is 0 Å². The lowest BCUT2D eigenvalue weighted by molar-refractivity contribution is 0.0773. The SMILES string of the molecule is Cn1c(Cl)cnc1CNC1CCOCC1. The van der Waals surface area contributed by atoms with Gasteiger partial charge in [-0.2, -0.15) is 0 Å². The van der Waals surface area contributed by atoms with Crippen LogP contribution in [-0.2, 0) is 18.3 Å². The molecule has 0 atom stereocenters. The zero-order chi connectivity index (χ0) is 10.7. The van der Waals surface area contributed by atoms with E-state index in [0.29, 0.717) is 11.2 Å². The molecule has 1 N–H and O–H groups in total. The third-order valence-corrected chi connectivity index (χ3v) is 3.15. The van der Waals surface area contributed by atoms with Crippen molar-refractivity contribution < 1.29 is 4.74 Å². The van der Waals surface area contributed by atoms with E-state index in [2.05, 4.69) is 10.3 Å². The lowest BCUT2D eigenvalue weighted by Crippen LogP contribution is -2.34. The number of hydrogen-bond donors (Lipinski definition) is 1. The van der Waals surface area contributed by atoms with Crippen LogP contribution in [0.1, 0.15) is 18.7 Å². The molecule has 1 aromatic rings. The van der Waals surface area contributed by atoms with Gasteiger partial charge in [-0.3, -0.25) is 0 Å². The number of nitrogens with zero attached hydrogens (tertiary/aromatic N) is 2. The fourth-order valence-electron chi connectivity index (χ4n) is 1.73. The van der Waals surface area contributed by atoms with Crippen LogP contribution < -0.4 is 5.32 Å². The van der Waals surface area contributed by atoms with E-state index in [9.17, 15) is 0 Å². The van der Waals surface area contributed by atoms with E-state index in [-0.39, 0.29) is 0 Å². The van der Waals surface area contributed by atoms with Crippen molar-refractivity contribution in [1.29, 1.82) is 0 Å². The van der Waals surface area contributed by atoms with E-state index in [0.717, 1.165) is 38.4 Å². The van der Waals surface area contributed by atoms with E-state index in [1.807, 2.05) is 11.6 Å². The highest BCUT2D eigenvalue weighted by Gasteiger charge is 2.13. The molecule has 5 heteroatoms. The highest BCUT2D eigenvalue weighted by molar-refractivity contribution is 6.29. The van der Waals surface area contributed by atoms with Gasteiger partial charge in [0.25, 0.3) is 0 Å². The number of halogens is 1. The lowest BCUT2D eigenvalue weighted by Gasteiger charge is -2.22. The fraction of sp³-hybridized carbons (Fsp3) is 0.700. The third-order valence-electron chi connectivity index (χ3n) is 2.80. The second-order valence-electron chi connectivity index (χ2n) is 3.82. The summed E-state index contributed by atoms with van der Waals surface area (Å²) in [6.45, 7) is 2.49. The molecule has 0 saturated carbocycles. The number of hydrogen-bond acceptors (Lipinski definition) is 3. The largest absolute Gasteiger partial charge is 0.381 e. The van der Waals surface area contributed by atoms with Crippen LogP contribution in [0.3, 0.4) is 0 Å². The van der Waals surface area contributed by atoms with Crippen molar-refractivity contribution >= 4 is 11.6 Å². The highest BCUT2D eigenvalue weighted by Crippen LogP contribution is 2.10. The molecule has 1 aliphatic heterocycles. The Morgan fingerprint density at radius 1 is 1.60 bits per heavy atom. The summed E-state index contributed by atoms with van der Waals surface area (Å²) < 4.78 is 7.19. The maximum atomic E-state index is 5.90. The average molecular weight is 230 g/mol. The zero-order valence-electron chi connectivity index (χ0n) is 8.87. The number of ether oxygens (including phenoxy) is 1. The first-order chi connectivity index (χ1) is 7.27. The second-order valence-corrected chi connectivity index (χ2v) is 4.21. The highest BCUT2D eigenvalue weighted by atomic mass is 35.5. The van der Waals surface area contributed by atoms with Gasteiger partial charge in [-0.15, -0.1) is 0 Å². The van der Waals surface area contributed by atoms with E-state index >= 15 is 0 Å². The fourth-order valence-corrected chi connectivity index (χ4v) is 1.87. The van der Waals surface area contributed by atoms with Crippen molar-refractivity contribution in [2.24, 2.45) is 7.05 Å². The number of aromatic nitrogens is 2. The normalized spacial score (nSPS) is 18.3. The summed E-state index contributed by atoms with van der Waals surface area (Å²) in [5, 5.41) is 4.15. The third kappa shape index (κ3) is 2.71. The van der Waals surface area contributed by atoms with Gasteiger partial charge in [0.05, 0.1) is 12.7 Å². The molecule has 0 aromatic carbocycles. The minimum absolute atomic E-state index is 0.550. The number of imidazole rings is 1. The second kappa shape index (κ2) is 4.96. The van der Waals surface area contributed by atoms with Crippen LogP contribution in [0.2, 0.25) is 5.15 Å². The minimum atomic E-state index is 0.550. The average Bonchev–Trinajstić information content (AvgIpc) is 2.59. The molecular weight excluding hydrogens is 214 g/mol. The Morgan fingerprint density at radius 3 is 2.93 bits per heavy atom. The first-order valence-electron chi connectivity index (χ1n) is 5.24. The summed E-state index contributed by atoms with van der Waals surface area (Å²) in [5.41, 5.74) is 0. The molecule has 0 spiro atoms. The Morgan fingerprint density at radius 2 is 2.33 bits per heavy atom. The summed E-state index contributed by atoms with van der Waals surface area (Å²) in [5.74, 6) is 0.978. The topological polar surface area (TPSA) is 39.1 Å². The molecule has 15 heavy (non-hydrogen) atoms. The van der Waals surface area contributed by atoms with Gasteiger partial charge in [0, 0.05) is 26.3 Å². The Bertz CT molecular complexity index is 320. The van der Waals surface area contributed by atoms with Gasteiger partial charge in [-0.05, 0) is 12.8 Å². The van der Waals surface area contributed by atoms with Crippen molar-refractivity contribution in [2.75, 3.05) is 13.2 Å². The van der Waals surface area contributed by atoms with Crippen LogP contribution >= 0.6 is 11.6 Å². The van der Waals surface area contributed by atoms with E-state index < -0.39 is 0 Å². The van der Waals surface area contributed by atoms with E-state index in [1.165, 1.54) is 0 Å². The van der Waals surface area contributed by atoms with Gasteiger partial charge in [0.1, 0.15) is 11.0 Å². The van der Waals surface area contributed by atoms with Crippen molar-refractivity contribution in [2.45, 2.75) is 25.4 Å². The van der Waals surface area contributed by atoms with E-state index in [4.69, 9.17) is 16.3 Å². The molecule has 2 heterocycles. The molecular formula is C10H16ClN3O. The Kier molecular flexibility index (Phi) is 3.61. The van der Waals surface area contributed by atoms with Gasteiger partial charge in [-0.1, -0.05) is 11.6 Å². The lowest BCUT2D eigenvalue weighted by atomic mass is 10.1. The molecule has 0 radical (unpaired) electrons. The van der Waals surface area contributed by atoms with Crippen LogP contribution in [-0.4, -0.2) is 28.8 Å².